The fourth-order valence-corrected chi connectivity index (χ4v) is 3.31. The van der Waals surface area contributed by atoms with Gasteiger partial charge in [-0.15, -0.1) is 0 Å². The number of nitrogens with zero attached hydrogens (tertiary/aromatic N) is 2. The molecule has 0 aliphatic carbocycles. The van der Waals surface area contributed by atoms with E-state index in [4.69, 9.17) is 16.3 Å². The highest BCUT2D eigenvalue weighted by molar-refractivity contribution is 7.89. The average Bonchev–Trinajstić information content (AvgIpc) is 2.62. The molecular weight excluding hydrogens is 374 g/mol. The van der Waals surface area contributed by atoms with Gasteiger partial charge >= 0.3 is 0 Å². The van der Waals surface area contributed by atoms with Gasteiger partial charge < -0.3 is 9.64 Å². The van der Waals surface area contributed by atoms with E-state index in [0.717, 1.165) is 17.3 Å². The number of sulfonamides is 1. The number of amidine groups is 1. The summed E-state index contributed by atoms with van der Waals surface area (Å²) in [5.41, 5.74) is 0.774. The maximum absolute atomic E-state index is 12.2. The van der Waals surface area contributed by atoms with Gasteiger partial charge in [0.1, 0.15) is 11.6 Å². The Bertz CT molecular complexity index is 868. The summed E-state index contributed by atoms with van der Waals surface area (Å²) in [6, 6.07) is 13.5. The summed E-state index contributed by atoms with van der Waals surface area (Å²) >= 11 is 5.79. The van der Waals surface area contributed by atoms with Crippen LogP contribution in [0, 0.1) is 0 Å². The van der Waals surface area contributed by atoms with Gasteiger partial charge in [0, 0.05) is 31.2 Å². The molecule has 0 aromatic heterocycles. The van der Waals surface area contributed by atoms with Gasteiger partial charge in [0.15, 0.2) is 0 Å². The lowest BCUT2D eigenvalue weighted by molar-refractivity contribution is 0.415. The third-order valence-corrected chi connectivity index (χ3v) is 5.49. The lowest BCUT2D eigenvalue weighted by Gasteiger charge is -2.19. The van der Waals surface area contributed by atoms with Crippen molar-refractivity contribution in [3.8, 4) is 5.75 Å². The molecule has 0 aliphatic rings. The number of benzene rings is 2. The van der Waals surface area contributed by atoms with E-state index >= 15 is 0 Å². The summed E-state index contributed by atoms with van der Waals surface area (Å²) in [7, 11) is -0.0955. The summed E-state index contributed by atoms with van der Waals surface area (Å²) in [4.78, 5) is 6.59. The van der Waals surface area contributed by atoms with Crippen LogP contribution in [-0.4, -0.2) is 46.4 Å². The van der Waals surface area contributed by atoms with Crippen LogP contribution in [0.5, 0.6) is 5.75 Å². The smallest absolute Gasteiger partial charge is 0.240 e. The number of likely N-dealkylation sites (N-methyl/N-ethyl adjacent to an activating group) is 1. The van der Waals surface area contributed by atoms with Gasteiger partial charge in [0.2, 0.25) is 10.0 Å². The predicted octanol–water partition coefficient (Wildman–Crippen LogP) is 3.31. The highest BCUT2D eigenvalue weighted by Gasteiger charge is 2.13. The van der Waals surface area contributed by atoms with Crippen molar-refractivity contribution in [1.82, 2.24) is 9.62 Å². The van der Waals surface area contributed by atoms with Gasteiger partial charge in [-0.05, 0) is 43.3 Å². The molecule has 0 spiro atoms. The van der Waals surface area contributed by atoms with E-state index in [9.17, 15) is 8.42 Å². The Hall–Kier alpha value is -2.09. The molecule has 140 valence electrons. The number of rotatable bonds is 7. The third kappa shape index (κ3) is 5.72. The molecule has 0 heterocycles. The first-order valence-corrected chi connectivity index (χ1v) is 9.83. The van der Waals surface area contributed by atoms with Crippen molar-refractivity contribution in [2.45, 2.75) is 11.8 Å². The normalized spacial score (nSPS) is 12.1. The Morgan fingerprint density at radius 1 is 1.23 bits per heavy atom. The Labute approximate surface area is 159 Å². The second-order valence-electron chi connectivity index (χ2n) is 5.63. The molecule has 0 aliphatic heterocycles. The van der Waals surface area contributed by atoms with Gasteiger partial charge in [-0.2, -0.15) is 0 Å². The van der Waals surface area contributed by atoms with E-state index in [2.05, 4.69) is 9.71 Å². The van der Waals surface area contributed by atoms with Crippen molar-refractivity contribution in [1.29, 1.82) is 0 Å². The number of methoxy groups -OCH3 is 1. The highest BCUT2D eigenvalue weighted by Crippen LogP contribution is 2.20. The zero-order valence-corrected chi connectivity index (χ0v) is 16.5. The van der Waals surface area contributed by atoms with Crippen LogP contribution in [-0.2, 0) is 10.0 Å². The molecule has 0 atom stereocenters. The standard InChI is InChI=1S/C18H22ClN3O3S/c1-14(21-16-5-4-6-17(13-16)25-3)22(2)12-11-20-26(23,24)18-9-7-15(19)8-10-18/h4-10,13,20H,11-12H2,1-3H3. The molecule has 1 N–H and O–H groups in total. The Balaban J connectivity index is 1.93. The molecule has 0 saturated heterocycles. The number of hydrogen-bond donors (Lipinski definition) is 1. The van der Waals surface area contributed by atoms with Crippen LogP contribution in [0.1, 0.15) is 6.92 Å². The van der Waals surface area contributed by atoms with Crippen molar-refractivity contribution in [3.63, 3.8) is 0 Å². The summed E-state index contributed by atoms with van der Waals surface area (Å²) < 4.78 is 32.2. The first kappa shape index (κ1) is 20.2. The maximum Gasteiger partial charge on any atom is 0.240 e. The number of nitrogens with one attached hydrogen (secondary N) is 1. The largest absolute Gasteiger partial charge is 0.497 e. The molecule has 0 radical (unpaired) electrons. The maximum atomic E-state index is 12.2. The second kappa shape index (κ2) is 9.02. The minimum absolute atomic E-state index is 0.186. The lowest BCUT2D eigenvalue weighted by atomic mass is 10.3. The molecule has 0 saturated carbocycles. The van der Waals surface area contributed by atoms with E-state index < -0.39 is 10.0 Å². The molecule has 0 unspecified atom stereocenters. The van der Waals surface area contributed by atoms with E-state index in [1.54, 1.807) is 19.2 Å². The fourth-order valence-electron chi connectivity index (χ4n) is 2.16. The zero-order valence-electron chi connectivity index (χ0n) is 14.9. The van der Waals surface area contributed by atoms with Crippen LogP contribution in [0.15, 0.2) is 58.4 Å². The van der Waals surface area contributed by atoms with Crippen LogP contribution in [0.25, 0.3) is 0 Å². The van der Waals surface area contributed by atoms with Gasteiger partial charge in [-0.1, -0.05) is 17.7 Å². The number of ether oxygens (including phenoxy) is 1. The van der Waals surface area contributed by atoms with Crippen LogP contribution < -0.4 is 9.46 Å². The molecule has 0 bridgehead atoms. The zero-order chi connectivity index (χ0) is 19.2. The molecule has 2 rings (SSSR count). The predicted molar refractivity (Wildman–Crippen MR) is 105 cm³/mol. The van der Waals surface area contributed by atoms with Crippen molar-refractivity contribution in [3.05, 3.63) is 53.6 Å². The molecule has 0 amide bonds. The summed E-state index contributed by atoms with van der Waals surface area (Å²) in [6.07, 6.45) is 0. The van der Waals surface area contributed by atoms with Crippen LogP contribution in [0.3, 0.4) is 0 Å². The first-order valence-electron chi connectivity index (χ1n) is 7.97. The van der Waals surface area contributed by atoms with Gasteiger partial charge in [0.05, 0.1) is 17.7 Å². The van der Waals surface area contributed by atoms with Crippen LogP contribution >= 0.6 is 11.6 Å². The molecular formula is C18H22ClN3O3S. The minimum atomic E-state index is -3.56. The number of hydrogen-bond acceptors (Lipinski definition) is 4. The third-order valence-electron chi connectivity index (χ3n) is 3.76. The summed E-state index contributed by atoms with van der Waals surface area (Å²) in [5.74, 6) is 1.50. The summed E-state index contributed by atoms with van der Waals surface area (Å²) in [5, 5.41) is 0.494. The quantitative estimate of drug-likeness (QED) is 0.576. The van der Waals surface area contributed by atoms with Crippen molar-refractivity contribution in [2.24, 2.45) is 4.99 Å². The van der Waals surface area contributed by atoms with Crippen molar-refractivity contribution >= 4 is 33.1 Å². The van der Waals surface area contributed by atoms with Gasteiger partial charge in [-0.3, -0.25) is 0 Å². The van der Waals surface area contributed by atoms with Crippen LogP contribution in [0.4, 0.5) is 5.69 Å². The van der Waals surface area contributed by atoms with E-state index in [1.165, 1.54) is 12.1 Å². The minimum Gasteiger partial charge on any atom is -0.497 e. The topological polar surface area (TPSA) is 71.0 Å². The number of halogens is 1. The number of aliphatic imine (C=N–C) groups is 1. The summed E-state index contributed by atoms with van der Waals surface area (Å²) in [6.45, 7) is 2.60. The fraction of sp³-hybridized carbons (Fsp3) is 0.278. The molecule has 2 aromatic rings. The van der Waals surface area contributed by atoms with Gasteiger partial charge in [-0.25, -0.2) is 18.1 Å². The van der Waals surface area contributed by atoms with E-state index in [-0.39, 0.29) is 11.4 Å². The van der Waals surface area contributed by atoms with Crippen LogP contribution in [0.2, 0.25) is 5.02 Å². The molecule has 8 heteroatoms. The van der Waals surface area contributed by atoms with Gasteiger partial charge in [0.25, 0.3) is 0 Å². The highest BCUT2D eigenvalue weighted by atomic mass is 35.5. The van der Waals surface area contributed by atoms with Crippen molar-refractivity contribution < 1.29 is 13.2 Å². The molecule has 26 heavy (non-hydrogen) atoms. The Morgan fingerprint density at radius 2 is 1.92 bits per heavy atom. The Kier molecular flexibility index (Phi) is 7.02. The second-order valence-corrected chi connectivity index (χ2v) is 7.84. The first-order chi connectivity index (χ1) is 12.3. The average molecular weight is 396 g/mol. The lowest BCUT2D eigenvalue weighted by Crippen LogP contribution is -2.35. The molecule has 0 fully saturated rings. The SMILES string of the molecule is COc1cccc(N=C(C)N(C)CCNS(=O)(=O)c2ccc(Cl)cc2)c1. The monoisotopic (exact) mass is 395 g/mol. The Morgan fingerprint density at radius 3 is 2.58 bits per heavy atom. The van der Waals surface area contributed by atoms with E-state index in [1.807, 2.05) is 43.1 Å². The van der Waals surface area contributed by atoms with Crippen molar-refractivity contribution in [2.75, 3.05) is 27.2 Å². The molecule has 6 nitrogen and oxygen atoms in total. The van der Waals surface area contributed by atoms with E-state index in [0.29, 0.717) is 11.6 Å². The molecule has 2 aromatic carbocycles.